The molecule has 4 heteroatoms. The predicted molar refractivity (Wildman–Crippen MR) is 72.3 cm³/mol. The number of halogens is 1. The van der Waals surface area contributed by atoms with Crippen molar-refractivity contribution in [3.63, 3.8) is 0 Å². The zero-order chi connectivity index (χ0) is 12.8. The second kappa shape index (κ2) is 6.45. The van der Waals surface area contributed by atoms with Crippen LogP contribution in [-0.2, 0) is 4.79 Å². The van der Waals surface area contributed by atoms with Gasteiger partial charge >= 0.3 is 0 Å². The molecule has 0 aromatic heterocycles. The second-order valence-corrected chi connectivity index (χ2v) is 4.55. The van der Waals surface area contributed by atoms with Gasteiger partial charge in [0.05, 0.1) is 0 Å². The lowest BCUT2D eigenvalue weighted by molar-refractivity contribution is -0.122. The van der Waals surface area contributed by atoms with Crippen molar-refractivity contribution < 1.29 is 9.53 Å². The van der Waals surface area contributed by atoms with E-state index in [-0.39, 0.29) is 12.5 Å². The largest absolute Gasteiger partial charge is 0.484 e. The van der Waals surface area contributed by atoms with Crippen molar-refractivity contribution in [3.8, 4) is 5.75 Å². The van der Waals surface area contributed by atoms with Crippen LogP contribution in [0.2, 0.25) is 0 Å². The summed E-state index contributed by atoms with van der Waals surface area (Å²) in [4.78, 5) is 11.3. The Labute approximate surface area is 110 Å². The molecule has 0 saturated carbocycles. The van der Waals surface area contributed by atoms with Crippen molar-refractivity contribution >= 4 is 21.8 Å². The van der Waals surface area contributed by atoms with Crippen LogP contribution in [0.5, 0.6) is 5.75 Å². The normalized spacial score (nSPS) is 9.82. The van der Waals surface area contributed by atoms with Gasteiger partial charge in [-0.05, 0) is 37.1 Å². The van der Waals surface area contributed by atoms with Crippen LogP contribution in [0, 0.1) is 13.8 Å². The number of amides is 1. The zero-order valence-corrected chi connectivity index (χ0v) is 11.6. The highest BCUT2D eigenvalue weighted by atomic mass is 79.9. The molecule has 0 atom stereocenters. The van der Waals surface area contributed by atoms with Crippen molar-refractivity contribution in [1.82, 2.24) is 5.32 Å². The molecule has 0 saturated heterocycles. The molecule has 0 radical (unpaired) electrons. The van der Waals surface area contributed by atoms with Gasteiger partial charge in [-0.1, -0.05) is 22.0 Å². The fraction of sp³-hybridized carbons (Fsp3) is 0.308. The summed E-state index contributed by atoms with van der Waals surface area (Å²) in [6.45, 7) is 7.98. The predicted octanol–water partition coefficient (Wildman–Crippen LogP) is 2.75. The Kier molecular flexibility index (Phi) is 5.22. The van der Waals surface area contributed by atoms with Crippen LogP contribution in [0.1, 0.15) is 11.1 Å². The first-order valence-electron chi connectivity index (χ1n) is 5.31. The van der Waals surface area contributed by atoms with Gasteiger partial charge in [0, 0.05) is 11.0 Å². The topological polar surface area (TPSA) is 38.3 Å². The molecule has 1 aromatic rings. The average Bonchev–Trinajstić information content (AvgIpc) is 2.30. The molecule has 17 heavy (non-hydrogen) atoms. The highest BCUT2D eigenvalue weighted by Crippen LogP contribution is 2.26. The second-order valence-electron chi connectivity index (χ2n) is 3.75. The van der Waals surface area contributed by atoms with E-state index < -0.39 is 0 Å². The van der Waals surface area contributed by atoms with Gasteiger partial charge < -0.3 is 10.1 Å². The molecule has 1 amide bonds. The summed E-state index contributed by atoms with van der Waals surface area (Å²) < 4.78 is 6.48. The van der Waals surface area contributed by atoms with Crippen LogP contribution in [0.3, 0.4) is 0 Å². The Bertz CT molecular complexity index is 406. The number of benzene rings is 1. The van der Waals surface area contributed by atoms with E-state index in [1.54, 1.807) is 6.08 Å². The third kappa shape index (κ3) is 4.23. The van der Waals surface area contributed by atoms with Crippen LogP contribution in [0.25, 0.3) is 0 Å². The molecule has 0 unspecified atom stereocenters. The monoisotopic (exact) mass is 297 g/mol. The number of rotatable bonds is 5. The van der Waals surface area contributed by atoms with Gasteiger partial charge in [-0.15, -0.1) is 6.58 Å². The lowest BCUT2D eigenvalue weighted by atomic mass is 10.1. The van der Waals surface area contributed by atoms with E-state index in [0.717, 1.165) is 15.6 Å². The van der Waals surface area contributed by atoms with E-state index in [0.29, 0.717) is 12.3 Å². The molecule has 0 spiro atoms. The third-order valence-corrected chi connectivity index (χ3v) is 3.47. The van der Waals surface area contributed by atoms with Crippen molar-refractivity contribution in [2.45, 2.75) is 13.8 Å². The summed E-state index contributed by atoms with van der Waals surface area (Å²) in [5.41, 5.74) is 2.18. The minimum Gasteiger partial charge on any atom is -0.484 e. The smallest absolute Gasteiger partial charge is 0.258 e. The van der Waals surface area contributed by atoms with Gasteiger partial charge in [-0.3, -0.25) is 4.79 Å². The van der Waals surface area contributed by atoms with Gasteiger partial charge in [0.2, 0.25) is 0 Å². The molecule has 1 rings (SSSR count). The quantitative estimate of drug-likeness (QED) is 0.849. The number of carbonyl (C=O) groups is 1. The van der Waals surface area contributed by atoms with E-state index >= 15 is 0 Å². The summed E-state index contributed by atoms with van der Waals surface area (Å²) in [6, 6.07) is 3.80. The summed E-state index contributed by atoms with van der Waals surface area (Å²) in [6.07, 6.45) is 1.63. The fourth-order valence-electron chi connectivity index (χ4n) is 1.38. The minimum atomic E-state index is -0.150. The van der Waals surface area contributed by atoms with E-state index in [2.05, 4.69) is 27.8 Å². The third-order valence-electron chi connectivity index (χ3n) is 2.22. The van der Waals surface area contributed by atoms with Crippen molar-refractivity contribution in [1.29, 1.82) is 0 Å². The maximum Gasteiger partial charge on any atom is 0.258 e. The number of nitrogens with one attached hydrogen (secondary N) is 1. The van der Waals surface area contributed by atoms with Crippen LogP contribution in [-0.4, -0.2) is 19.1 Å². The number of ether oxygens (including phenoxy) is 1. The Hall–Kier alpha value is -1.29. The Morgan fingerprint density at radius 1 is 1.47 bits per heavy atom. The first-order chi connectivity index (χ1) is 8.04. The van der Waals surface area contributed by atoms with Crippen molar-refractivity contribution in [3.05, 3.63) is 40.4 Å². The van der Waals surface area contributed by atoms with Gasteiger partial charge in [0.15, 0.2) is 6.61 Å². The first-order valence-corrected chi connectivity index (χ1v) is 6.11. The molecular weight excluding hydrogens is 282 g/mol. The van der Waals surface area contributed by atoms with E-state index in [9.17, 15) is 4.79 Å². The molecule has 0 aliphatic rings. The Morgan fingerprint density at radius 3 is 2.59 bits per heavy atom. The number of hydrogen-bond donors (Lipinski definition) is 1. The lowest BCUT2D eigenvalue weighted by Crippen LogP contribution is -2.28. The molecule has 1 aromatic carbocycles. The molecule has 1 N–H and O–H groups in total. The number of aryl methyl sites for hydroxylation is 2. The Morgan fingerprint density at radius 2 is 2.06 bits per heavy atom. The maximum atomic E-state index is 11.3. The molecular formula is C13H16BrNO2. The Balaban J connectivity index is 2.58. The summed E-state index contributed by atoms with van der Waals surface area (Å²) in [7, 11) is 0. The number of hydrogen-bond acceptors (Lipinski definition) is 2. The summed E-state index contributed by atoms with van der Waals surface area (Å²) in [5, 5.41) is 2.65. The van der Waals surface area contributed by atoms with Crippen LogP contribution in [0.4, 0.5) is 0 Å². The minimum absolute atomic E-state index is 0.0222. The van der Waals surface area contributed by atoms with Crippen LogP contribution in [0.15, 0.2) is 29.3 Å². The summed E-state index contributed by atoms with van der Waals surface area (Å²) >= 11 is 3.48. The highest BCUT2D eigenvalue weighted by Gasteiger charge is 2.05. The standard InChI is InChI=1S/C13H16BrNO2/c1-4-5-15-12(16)8-17-11-6-9(2)13(14)10(3)7-11/h4,6-7H,1,5,8H2,2-3H3,(H,15,16). The molecule has 0 heterocycles. The number of carbonyl (C=O) groups excluding carboxylic acids is 1. The van der Waals surface area contributed by atoms with Gasteiger partial charge in [0.1, 0.15) is 5.75 Å². The van der Waals surface area contributed by atoms with E-state index in [4.69, 9.17) is 4.74 Å². The van der Waals surface area contributed by atoms with Gasteiger partial charge in [-0.25, -0.2) is 0 Å². The molecule has 0 bridgehead atoms. The molecule has 0 fully saturated rings. The van der Waals surface area contributed by atoms with E-state index in [1.807, 2.05) is 26.0 Å². The molecule has 0 aliphatic carbocycles. The molecule has 0 aliphatic heterocycles. The van der Waals surface area contributed by atoms with Crippen LogP contribution < -0.4 is 10.1 Å². The zero-order valence-electron chi connectivity index (χ0n) is 10.0. The average molecular weight is 298 g/mol. The fourth-order valence-corrected chi connectivity index (χ4v) is 1.60. The first kappa shape index (κ1) is 13.8. The summed E-state index contributed by atoms with van der Waals surface area (Å²) in [5.74, 6) is 0.556. The lowest BCUT2D eigenvalue weighted by Gasteiger charge is -2.09. The van der Waals surface area contributed by atoms with Crippen molar-refractivity contribution in [2.24, 2.45) is 0 Å². The van der Waals surface area contributed by atoms with Gasteiger partial charge in [-0.2, -0.15) is 0 Å². The molecule has 3 nitrogen and oxygen atoms in total. The maximum absolute atomic E-state index is 11.3. The van der Waals surface area contributed by atoms with E-state index in [1.165, 1.54) is 0 Å². The highest BCUT2D eigenvalue weighted by molar-refractivity contribution is 9.10. The van der Waals surface area contributed by atoms with Crippen LogP contribution >= 0.6 is 15.9 Å². The molecule has 92 valence electrons. The van der Waals surface area contributed by atoms with Crippen molar-refractivity contribution in [2.75, 3.05) is 13.2 Å². The van der Waals surface area contributed by atoms with Gasteiger partial charge in [0.25, 0.3) is 5.91 Å². The SMILES string of the molecule is C=CCNC(=O)COc1cc(C)c(Br)c(C)c1.